The zero-order valence-electron chi connectivity index (χ0n) is 11.1. The molecule has 1 N–H and O–H groups in total. The Kier molecular flexibility index (Phi) is 5.96. The Morgan fingerprint density at radius 3 is 2.78 bits per heavy atom. The number of halogens is 1. The molecule has 0 bridgehead atoms. The second kappa shape index (κ2) is 7.49. The van der Waals surface area contributed by atoms with Crippen LogP contribution in [-0.2, 0) is 0 Å². The van der Waals surface area contributed by atoms with Crippen LogP contribution >= 0.6 is 22.9 Å². The van der Waals surface area contributed by atoms with Crippen LogP contribution in [0.15, 0.2) is 11.4 Å². The molecular weight excluding hydrogens is 264 g/mol. The summed E-state index contributed by atoms with van der Waals surface area (Å²) in [7, 11) is 0. The van der Waals surface area contributed by atoms with Gasteiger partial charge in [0, 0.05) is 37.1 Å². The highest BCUT2D eigenvalue weighted by Gasteiger charge is 2.24. The Morgan fingerprint density at radius 1 is 1.39 bits per heavy atom. The molecule has 0 amide bonds. The average molecular weight is 287 g/mol. The standard InChI is InChI=1S/C14H23ClN2S/c1-2-3-4-5-13(14-12(15)6-11-18-14)17-9-7-16-8-10-17/h6,11,13,16H,2-5,7-10H2,1H3/t13-/m0/s1. The lowest BCUT2D eigenvalue weighted by atomic mass is 10.0. The molecule has 2 rings (SSSR count). The lowest BCUT2D eigenvalue weighted by Gasteiger charge is -2.34. The van der Waals surface area contributed by atoms with E-state index in [1.165, 1.54) is 30.6 Å². The molecule has 2 nitrogen and oxygen atoms in total. The molecule has 1 aliphatic rings. The van der Waals surface area contributed by atoms with E-state index < -0.39 is 0 Å². The van der Waals surface area contributed by atoms with Crippen molar-refractivity contribution >= 4 is 22.9 Å². The third-order valence-corrected chi connectivity index (χ3v) is 5.08. The molecule has 4 heteroatoms. The summed E-state index contributed by atoms with van der Waals surface area (Å²) in [6.45, 7) is 6.76. The highest BCUT2D eigenvalue weighted by Crippen LogP contribution is 2.35. The summed E-state index contributed by atoms with van der Waals surface area (Å²) in [4.78, 5) is 3.97. The Labute approximate surface area is 119 Å². The second-order valence-corrected chi connectivity index (χ2v) is 6.29. The molecule has 1 aliphatic heterocycles. The molecular formula is C14H23ClN2S. The van der Waals surface area contributed by atoms with Gasteiger partial charge in [-0.05, 0) is 17.9 Å². The summed E-state index contributed by atoms with van der Waals surface area (Å²) in [5, 5.41) is 6.50. The number of rotatable bonds is 6. The molecule has 18 heavy (non-hydrogen) atoms. The maximum absolute atomic E-state index is 6.33. The molecule has 0 radical (unpaired) electrons. The molecule has 102 valence electrons. The van der Waals surface area contributed by atoms with Crippen molar-refractivity contribution in [1.82, 2.24) is 10.2 Å². The van der Waals surface area contributed by atoms with E-state index in [-0.39, 0.29) is 0 Å². The zero-order chi connectivity index (χ0) is 12.8. The molecule has 0 aromatic carbocycles. The van der Waals surface area contributed by atoms with Gasteiger partial charge in [0.25, 0.3) is 0 Å². The van der Waals surface area contributed by atoms with E-state index in [1.54, 1.807) is 0 Å². The minimum absolute atomic E-state index is 0.533. The van der Waals surface area contributed by atoms with Gasteiger partial charge in [0.15, 0.2) is 0 Å². The first-order valence-corrected chi connectivity index (χ1v) is 8.26. The third kappa shape index (κ3) is 3.70. The van der Waals surface area contributed by atoms with Crippen LogP contribution in [0.25, 0.3) is 0 Å². The number of unbranched alkanes of at least 4 members (excludes halogenated alkanes) is 2. The quantitative estimate of drug-likeness (QED) is 0.797. The molecule has 0 unspecified atom stereocenters. The van der Waals surface area contributed by atoms with E-state index in [0.29, 0.717) is 6.04 Å². The smallest absolute Gasteiger partial charge is 0.0561 e. The summed E-state index contributed by atoms with van der Waals surface area (Å²) in [5.41, 5.74) is 0. The largest absolute Gasteiger partial charge is 0.314 e. The van der Waals surface area contributed by atoms with Crippen LogP contribution in [0.2, 0.25) is 5.02 Å². The van der Waals surface area contributed by atoms with Crippen molar-refractivity contribution in [3.8, 4) is 0 Å². The van der Waals surface area contributed by atoms with Gasteiger partial charge < -0.3 is 5.32 Å². The van der Waals surface area contributed by atoms with Crippen LogP contribution in [-0.4, -0.2) is 31.1 Å². The van der Waals surface area contributed by atoms with Crippen molar-refractivity contribution in [2.45, 2.75) is 38.6 Å². The lowest BCUT2D eigenvalue weighted by Crippen LogP contribution is -2.45. The van der Waals surface area contributed by atoms with Crippen molar-refractivity contribution < 1.29 is 0 Å². The normalized spacial score (nSPS) is 19.0. The van der Waals surface area contributed by atoms with Crippen LogP contribution in [0.1, 0.15) is 43.5 Å². The van der Waals surface area contributed by atoms with Gasteiger partial charge in [-0.3, -0.25) is 4.90 Å². The Balaban J connectivity index is 2.04. The van der Waals surface area contributed by atoms with Crippen LogP contribution in [0.3, 0.4) is 0 Å². The fourth-order valence-electron chi connectivity index (χ4n) is 2.60. The summed E-state index contributed by atoms with van der Waals surface area (Å²) < 4.78 is 0. The fourth-order valence-corrected chi connectivity index (χ4v) is 3.96. The van der Waals surface area contributed by atoms with E-state index in [1.807, 2.05) is 17.4 Å². The molecule has 1 fully saturated rings. The molecule has 1 aromatic heterocycles. The predicted octanol–water partition coefficient (Wildman–Crippen LogP) is 3.93. The first-order valence-electron chi connectivity index (χ1n) is 7.00. The van der Waals surface area contributed by atoms with Gasteiger partial charge in [-0.15, -0.1) is 11.3 Å². The number of hydrogen-bond acceptors (Lipinski definition) is 3. The Morgan fingerprint density at radius 2 is 2.17 bits per heavy atom. The number of nitrogens with zero attached hydrogens (tertiary/aromatic N) is 1. The second-order valence-electron chi connectivity index (χ2n) is 4.93. The predicted molar refractivity (Wildman–Crippen MR) is 80.7 cm³/mol. The van der Waals surface area contributed by atoms with E-state index in [4.69, 9.17) is 11.6 Å². The van der Waals surface area contributed by atoms with Gasteiger partial charge in [-0.25, -0.2) is 0 Å². The van der Waals surface area contributed by atoms with Gasteiger partial charge in [-0.2, -0.15) is 0 Å². The molecule has 1 atom stereocenters. The number of hydrogen-bond donors (Lipinski definition) is 1. The van der Waals surface area contributed by atoms with Crippen molar-refractivity contribution in [2.75, 3.05) is 26.2 Å². The van der Waals surface area contributed by atoms with Crippen molar-refractivity contribution in [1.29, 1.82) is 0 Å². The highest BCUT2D eigenvalue weighted by molar-refractivity contribution is 7.10. The first kappa shape index (κ1) is 14.3. The zero-order valence-corrected chi connectivity index (χ0v) is 12.7. The SMILES string of the molecule is CCCCC[C@@H](c1sccc1Cl)N1CCNCC1. The van der Waals surface area contributed by atoms with Crippen molar-refractivity contribution in [3.05, 3.63) is 21.3 Å². The fraction of sp³-hybridized carbons (Fsp3) is 0.714. The van der Waals surface area contributed by atoms with Gasteiger partial charge in [0.1, 0.15) is 0 Å². The minimum atomic E-state index is 0.533. The van der Waals surface area contributed by atoms with Gasteiger partial charge in [-0.1, -0.05) is 37.8 Å². The highest BCUT2D eigenvalue weighted by atomic mass is 35.5. The Hall–Kier alpha value is -0.0900. The lowest BCUT2D eigenvalue weighted by molar-refractivity contribution is 0.165. The summed E-state index contributed by atoms with van der Waals surface area (Å²) in [5.74, 6) is 0. The summed E-state index contributed by atoms with van der Waals surface area (Å²) >= 11 is 8.15. The molecule has 0 spiro atoms. The maximum atomic E-state index is 6.33. The number of nitrogens with one attached hydrogen (secondary N) is 1. The molecule has 2 heterocycles. The van der Waals surface area contributed by atoms with Gasteiger partial charge in [0.2, 0.25) is 0 Å². The summed E-state index contributed by atoms with van der Waals surface area (Å²) in [6.07, 6.45) is 5.16. The number of thiophene rings is 1. The molecule has 0 aliphatic carbocycles. The summed E-state index contributed by atoms with van der Waals surface area (Å²) in [6, 6.07) is 2.57. The minimum Gasteiger partial charge on any atom is -0.314 e. The first-order chi connectivity index (χ1) is 8.83. The van der Waals surface area contributed by atoms with Gasteiger partial charge >= 0.3 is 0 Å². The molecule has 1 aromatic rings. The Bertz CT molecular complexity index is 347. The van der Waals surface area contributed by atoms with Crippen LogP contribution in [0.4, 0.5) is 0 Å². The monoisotopic (exact) mass is 286 g/mol. The third-order valence-electron chi connectivity index (χ3n) is 3.62. The van der Waals surface area contributed by atoms with E-state index in [9.17, 15) is 0 Å². The number of piperazine rings is 1. The topological polar surface area (TPSA) is 15.3 Å². The van der Waals surface area contributed by atoms with Crippen LogP contribution in [0.5, 0.6) is 0 Å². The van der Waals surface area contributed by atoms with E-state index in [2.05, 4.69) is 22.5 Å². The van der Waals surface area contributed by atoms with Gasteiger partial charge in [0.05, 0.1) is 5.02 Å². The van der Waals surface area contributed by atoms with E-state index in [0.717, 1.165) is 31.2 Å². The van der Waals surface area contributed by atoms with Crippen LogP contribution < -0.4 is 5.32 Å². The average Bonchev–Trinajstić information content (AvgIpc) is 2.82. The molecule has 0 saturated carbocycles. The van der Waals surface area contributed by atoms with E-state index >= 15 is 0 Å². The maximum Gasteiger partial charge on any atom is 0.0561 e. The van der Waals surface area contributed by atoms with Crippen molar-refractivity contribution in [2.24, 2.45) is 0 Å². The van der Waals surface area contributed by atoms with Crippen molar-refractivity contribution in [3.63, 3.8) is 0 Å². The molecule has 1 saturated heterocycles. The van der Waals surface area contributed by atoms with Crippen LogP contribution in [0, 0.1) is 0 Å².